The number of ether oxygens (including phenoxy) is 1. The number of amides is 1. The van der Waals surface area contributed by atoms with E-state index in [1.807, 2.05) is 24.1 Å². The zero-order chi connectivity index (χ0) is 16.5. The number of carbonyl (C=O) groups excluding carboxylic acids is 1. The van der Waals surface area contributed by atoms with Gasteiger partial charge < -0.3 is 10.1 Å². The Labute approximate surface area is 144 Å². The molecule has 0 heterocycles. The summed E-state index contributed by atoms with van der Waals surface area (Å²) in [7, 11) is 1.94. The number of nitrogens with one attached hydrogen (secondary N) is 1. The molecule has 2 rings (SSSR count). The van der Waals surface area contributed by atoms with Crippen molar-refractivity contribution in [1.82, 2.24) is 10.2 Å². The van der Waals surface area contributed by atoms with Crippen molar-refractivity contribution in [1.29, 1.82) is 0 Å². The Balaban J connectivity index is 1.62. The van der Waals surface area contributed by atoms with E-state index in [2.05, 4.69) is 5.32 Å². The van der Waals surface area contributed by atoms with Crippen molar-refractivity contribution >= 4 is 17.5 Å². The Morgan fingerprint density at radius 1 is 1.22 bits per heavy atom. The summed E-state index contributed by atoms with van der Waals surface area (Å²) in [4.78, 5) is 14.1. The van der Waals surface area contributed by atoms with Crippen molar-refractivity contribution in [3.05, 3.63) is 29.3 Å². The van der Waals surface area contributed by atoms with Crippen LogP contribution in [0.15, 0.2) is 24.3 Å². The van der Waals surface area contributed by atoms with Gasteiger partial charge in [0.25, 0.3) is 0 Å². The molecule has 0 radical (unpaired) electrons. The molecule has 1 N–H and O–H groups in total. The maximum atomic E-state index is 12.1. The first-order chi connectivity index (χ1) is 11.1. The molecule has 1 amide bonds. The van der Waals surface area contributed by atoms with E-state index in [9.17, 15) is 4.79 Å². The minimum atomic E-state index is 0.117. The second-order valence-electron chi connectivity index (χ2n) is 6.30. The monoisotopic (exact) mass is 338 g/mol. The second kappa shape index (κ2) is 9.78. The highest BCUT2D eigenvalue weighted by atomic mass is 35.5. The molecule has 1 fully saturated rings. The lowest BCUT2D eigenvalue weighted by atomic mass is 10.1. The predicted molar refractivity (Wildman–Crippen MR) is 94.1 cm³/mol. The Morgan fingerprint density at radius 2 is 1.87 bits per heavy atom. The number of likely N-dealkylation sites (N-methyl/N-ethyl adjacent to an activating group) is 1. The molecule has 0 unspecified atom stereocenters. The topological polar surface area (TPSA) is 41.6 Å². The number of carbonyl (C=O) groups is 1. The van der Waals surface area contributed by atoms with E-state index in [-0.39, 0.29) is 5.91 Å². The SMILES string of the molecule is CN(CCOc1ccc(Cl)cc1)CC(=O)NC1CCCCCC1. The minimum Gasteiger partial charge on any atom is -0.492 e. The average Bonchev–Trinajstić information content (AvgIpc) is 2.77. The molecular weight excluding hydrogens is 312 g/mol. The third-order valence-electron chi connectivity index (χ3n) is 4.19. The van der Waals surface area contributed by atoms with E-state index in [1.165, 1.54) is 25.7 Å². The Kier molecular flexibility index (Phi) is 7.69. The van der Waals surface area contributed by atoms with Crippen molar-refractivity contribution in [2.75, 3.05) is 26.7 Å². The summed E-state index contributed by atoms with van der Waals surface area (Å²) in [5.41, 5.74) is 0. The van der Waals surface area contributed by atoms with Gasteiger partial charge in [0.1, 0.15) is 12.4 Å². The van der Waals surface area contributed by atoms with Crippen LogP contribution in [0.4, 0.5) is 0 Å². The fraction of sp³-hybridized carbons (Fsp3) is 0.611. The maximum absolute atomic E-state index is 12.1. The zero-order valence-corrected chi connectivity index (χ0v) is 14.6. The normalized spacial score (nSPS) is 16.1. The highest BCUT2D eigenvalue weighted by Crippen LogP contribution is 2.17. The van der Waals surface area contributed by atoms with Crippen LogP contribution in [0.5, 0.6) is 5.75 Å². The van der Waals surface area contributed by atoms with Gasteiger partial charge in [-0.1, -0.05) is 37.3 Å². The summed E-state index contributed by atoms with van der Waals surface area (Å²) in [5, 5.41) is 3.87. The smallest absolute Gasteiger partial charge is 0.234 e. The Morgan fingerprint density at radius 3 is 2.52 bits per heavy atom. The van der Waals surface area contributed by atoms with E-state index in [1.54, 1.807) is 12.1 Å². The highest BCUT2D eigenvalue weighted by molar-refractivity contribution is 6.30. The fourth-order valence-corrected chi connectivity index (χ4v) is 3.00. The van der Waals surface area contributed by atoms with Crippen molar-refractivity contribution in [2.45, 2.75) is 44.6 Å². The van der Waals surface area contributed by atoms with E-state index in [0.29, 0.717) is 30.8 Å². The molecule has 5 heteroatoms. The molecule has 23 heavy (non-hydrogen) atoms. The minimum absolute atomic E-state index is 0.117. The van der Waals surface area contributed by atoms with Crippen LogP contribution in [0.2, 0.25) is 5.02 Å². The molecule has 128 valence electrons. The molecule has 1 saturated carbocycles. The van der Waals surface area contributed by atoms with Gasteiger partial charge in [-0.2, -0.15) is 0 Å². The van der Waals surface area contributed by atoms with Crippen LogP contribution in [0, 0.1) is 0 Å². The Bertz CT molecular complexity index is 470. The molecule has 1 aromatic rings. The molecule has 0 aromatic heterocycles. The first-order valence-corrected chi connectivity index (χ1v) is 8.87. The molecule has 0 saturated heterocycles. The van der Waals surface area contributed by atoms with Gasteiger partial charge in [0.15, 0.2) is 0 Å². The van der Waals surface area contributed by atoms with Crippen molar-refractivity contribution in [3.8, 4) is 5.75 Å². The summed E-state index contributed by atoms with van der Waals surface area (Å²) in [6.45, 7) is 1.68. The average molecular weight is 339 g/mol. The first-order valence-electron chi connectivity index (χ1n) is 8.50. The summed E-state index contributed by atoms with van der Waals surface area (Å²) < 4.78 is 5.65. The van der Waals surface area contributed by atoms with Crippen LogP contribution in [-0.2, 0) is 4.79 Å². The molecule has 0 aliphatic heterocycles. The summed E-state index contributed by atoms with van der Waals surface area (Å²) >= 11 is 5.84. The maximum Gasteiger partial charge on any atom is 0.234 e. The zero-order valence-electron chi connectivity index (χ0n) is 13.9. The van der Waals surface area contributed by atoms with Gasteiger partial charge in [0, 0.05) is 17.6 Å². The van der Waals surface area contributed by atoms with Gasteiger partial charge in [0.05, 0.1) is 6.54 Å². The number of benzene rings is 1. The molecule has 4 nitrogen and oxygen atoms in total. The lowest BCUT2D eigenvalue weighted by molar-refractivity contribution is -0.122. The van der Waals surface area contributed by atoms with E-state index >= 15 is 0 Å². The lowest BCUT2D eigenvalue weighted by Crippen LogP contribution is -2.41. The van der Waals surface area contributed by atoms with E-state index in [4.69, 9.17) is 16.3 Å². The third kappa shape index (κ3) is 7.23. The summed E-state index contributed by atoms with van der Waals surface area (Å²) in [6.07, 6.45) is 7.30. The number of rotatable bonds is 7. The van der Waals surface area contributed by atoms with Gasteiger partial charge in [-0.25, -0.2) is 0 Å². The molecule has 1 aliphatic carbocycles. The van der Waals surface area contributed by atoms with Crippen molar-refractivity contribution in [3.63, 3.8) is 0 Å². The number of nitrogens with zero attached hydrogens (tertiary/aromatic N) is 1. The third-order valence-corrected chi connectivity index (χ3v) is 4.44. The van der Waals surface area contributed by atoms with Crippen LogP contribution < -0.4 is 10.1 Å². The first kappa shape index (κ1) is 18.1. The van der Waals surface area contributed by atoms with Gasteiger partial charge >= 0.3 is 0 Å². The van der Waals surface area contributed by atoms with Crippen molar-refractivity contribution < 1.29 is 9.53 Å². The van der Waals surface area contributed by atoms with Crippen LogP contribution in [0.1, 0.15) is 38.5 Å². The van der Waals surface area contributed by atoms with Gasteiger partial charge in [-0.3, -0.25) is 9.69 Å². The van der Waals surface area contributed by atoms with Gasteiger partial charge in [-0.05, 0) is 44.2 Å². The van der Waals surface area contributed by atoms with E-state index in [0.717, 1.165) is 18.6 Å². The Hall–Kier alpha value is -1.26. The molecule has 1 aromatic carbocycles. The number of hydrogen-bond donors (Lipinski definition) is 1. The van der Waals surface area contributed by atoms with Gasteiger partial charge in [-0.15, -0.1) is 0 Å². The molecule has 1 aliphatic rings. The number of halogens is 1. The second-order valence-corrected chi connectivity index (χ2v) is 6.73. The van der Waals surface area contributed by atoms with Crippen LogP contribution in [0.25, 0.3) is 0 Å². The largest absolute Gasteiger partial charge is 0.492 e. The summed E-state index contributed by atoms with van der Waals surface area (Å²) in [6, 6.07) is 7.67. The highest BCUT2D eigenvalue weighted by Gasteiger charge is 2.15. The fourth-order valence-electron chi connectivity index (χ4n) is 2.87. The molecule has 0 atom stereocenters. The van der Waals surface area contributed by atoms with Crippen molar-refractivity contribution in [2.24, 2.45) is 0 Å². The summed E-state index contributed by atoms with van der Waals surface area (Å²) in [5.74, 6) is 0.914. The standard InChI is InChI=1S/C18H27ClN2O2/c1-21(12-13-23-17-10-8-15(19)9-11-17)14-18(22)20-16-6-4-2-3-5-7-16/h8-11,16H,2-7,12-14H2,1H3,(H,20,22). The molecule has 0 spiro atoms. The van der Waals surface area contributed by atoms with Crippen LogP contribution in [0.3, 0.4) is 0 Å². The number of hydrogen-bond acceptors (Lipinski definition) is 3. The van der Waals surface area contributed by atoms with Crippen LogP contribution >= 0.6 is 11.6 Å². The van der Waals surface area contributed by atoms with E-state index < -0.39 is 0 Å². The van der Waals surface area contributed by atoms with Crippen LogP contribution in [-0.4, -0.2) is 43.6 Å². The lowest BCUT2D eigenvalue weighted by Gasteiger charge is -2.20. The quantitative estimate of drug-likeness (QED) is 0.774. The molecule has 0 bridgehead atoms. The molecular formula is C18H27ClN2O2. The predicted octanol–water partition coefficient (Wildman–Crippen LogP) is 3.49. The van der Waals surface area contributed by atoms with Gasteiger partial charge in [0.2, 0.25) is 5.91 Å².